The molecule has 15 heavy (non-hydrogen) atoms. The predicted molar refractivity (Wildman–Crippen MR) is 69.0 cm³/mol. The van der Waals surface area contributed by atoms with Crippen LogP contribution in [0.4, 0.5) is 0 Å². The van der Waals surface area contributed by atoms with Gasteiger partial charge in [-0.05, 0) is 37.5 Å². The first-order valence-electron chi connectivity index (χ1n) is 6.97. The van der Waals surface area contributed by atoms with Crippen molar-refractivity contribution in [2.75, 3.05) is 0 Å². The highest BCUT2D eigenvalue weighted by Crippen LogP contribution is 2.36. The van der Waals surface area contributed by atoms with Gasteiger partial charge < -0.3 is 0 Å². The zero-order valence-electron chi connectivity index (χ0n) is 10.7. The van der Waals surface area contributed by atoms with Crippen molar-refractivity contribution in [2.45, 2.75) is 71.6 Å². The van der Waals surface area contributed by atoms with Gasteiger partial charge in [-0.15, -0.1) is 0 Å². The molecule has 1 rings (SSSR count). The first-order chi connectivity index (χ1) is 7.29. The van der Waals surface area contributed by atoms with Gasteiger partial charge in [0, 0.05) is 0 Å². The van der Waals surface area contributed by atoms with Crippen LogP contribution in [0.1, 0.15) is 71.6 Å². The Morgan fingerprint density at radius 1 is 1.27 bits per heavy atom. The van der Waals surface area contributed by atoms with E-state index < -0.39 is 0 Å². The molecular weight excluding hydrogens is 180 g/mol. The smallest absolute Gasteiger partial charge is 0.0178 e. The molecule has 2 atom stereocenters. The van der Waals surface area contributed by atoms with E-state index in [0.717, 1.165) is 11.8 Å². The second kappa shape index (κ2) is 7.09. The van der Waals surface area contributed by atoms with Gasteiger partial charge in [-0.25, -0.2) is 0 Å². The molecule has 0 bridgehead atoms. The summed E-state index contributed by atoms with van der Waals surface area (Å²) in [6.45, 7) is 8.99. The Labute approximate surface area is 96.2 Å². The summed E-state index contributed by atoms with van der Waals surface area (Å²) >= 11 is 0. The fraction of sp³-hybridized carbons (Fsp3) is 0.867. The Hall–Kier alpha value is -0.260. The van der Waals surface area contributed by atoms with Crippen molar-refractivity contribution in [3.05, 3.63) is 12.2 Å². The Kier molecular flexibility index (Phi) is 6.05. The molecule has 0 saturated heterocycles. The van der Waals surface area contributed by atoms with Crippen molar-refractivity contribution in [1.29, 1.82) is 0 Å². The van der Waals surface area contributed by atoms with Gasteiger partial charge in [0.1, 0.15) is 0 Å². The second-order valence-corrected chi connectivity index (χ2v) is 5.17. The van der Waals surface area contributed by atoms with Crippen LogP contribution in [0.3, 0.4) is 0 Å². The average Bonchev–Trinajstić information content (AvgIpc) is 2.45. The lowest BCUT2D eigenvalue weighted by molar-refractivity contribution is 0.317. The van der Waals surface area contributed by atoms with Crippen LogP contribution < -0.4 is 0 Å². The van der Waals surface area contributed by atoms with Crippen LogP contribution in [0, 0.1) is 11.8 Å². The molecule has 0 aliphatic heterocycles. The maximum absolute atomic E-state index is 4.33. The van der Waals surface area contributed by atoms with Gasteiger partial charge >= 0.3 is 0 Å². The van der Waals surface area contributed by atoms with E-state index in [9.17, 15) is 0 Å². The number of unbranched alkanes of at least 4 members (excludes halogenated alkanes) is 1. The van der Waals surface area contributed by atoms with E-state index in [1.54, 1.807) is 5.57 Å². The summed E-state index contributed by atoms with van der Waals surface area (Å²) in [4.78, 5) is 0. The van der Waals surface area contributed by atoms with Crippen molar-refractivity contribution in [1.82, 2.24) is 0 Å². The second-order valence-electron chi connectivity index (χ2n) is 5.17. The Bertz CT molecular complexity index is 180. The van der Waals surface area contributed by atoms with Crippen LogP contribution in [0.2, 0.25) is 0 Å². The number of hydrogen-bond acceptors (Lipinski definition) is 0. The zero-order chi connectivity index (χ0) is 11.1. The summed E-state index contributed by atoms with van der Waals surface area (Å²) in [6, 6.07) is 0. The van der Waals surface area contributed by atoms with E-state index in [-0.39, 0.29) is 0 Å². The van der Waals surface area contributed by atoms with E-state index in [1.165, 1.54) is 57.8 Å². The topological polar surface area (TPSA) is 0 Å². The first kappa shape index (κ1) is 12.8. The molecule has 0 nitrogen and oxygen atoms in total. The molecule has 0 aromatic carbocycles. The van der Waals surface area contributed by atoms with Crippen LogP contribution in [0.5, 0.6) is 0 Å². The molecule has 0 N–H and O–H groups in total. The molecule has 1 saturated carbocycles. The standard InChI is InChI=1S/C15H28/c1-4-6-11-14(5-2)15-12-9-7-8-10-13(15)3/h14-15H,3-12H2,1-2H3. The Balaban J connectivity index is 2.51. The highest BCUT2D eigenvalue weighted by Gasteiger charge is 2.23. The van der Waals surface area contributed by atoms with Crippen LogP contribution in [-0.2, 0) is 0 Å². The van der Waals surface area contributed by atoms with Gasteiger partial charge in [0.25, 0.3) is 0 Å². The van der Waals surface area contributed by atoms with Crippen LogP contribution in [0.25, 0.3) is 0 Å². The van der Waals surface area contributed by atoms with Crippen LogP contribution in [0.15, 0.2) is 12.2 Å². The molecule has 2 unspecified atom stereocenters. The van der Waals surface area contributed by atoms with Crippen LogP contribution >= 0.6 is 0 Å². The molecule has 0 amide bonds. The Morgan fingerprint density at radius 2 is 2.07 bits per heavy atom. The van der Waals surface area contributed by atoms with E-state index in [4.69, 9.17) is 0 Å². The van der Waals surface area contributed by atoms with Gasteiger partial charge in [-0.2, -0.15) is 0 Å². The third-order valence-corrected chi connectivity index (χ3v) is 4.06. The lowest BCUT2D eigenvalue weighted by Gasteiger charge is -2.26. The summed E-state index contributed by atoms with van der Waals surface area (Å²) in [5, 5.41) is 0. The maximum atomic E-state index is 4.33. The fourth-order valence-corrected chi connectivity index (χ4v) is 3.01. The van der Waals surface area contributed by atoms with Gasteiger partial charge in [0.05, 0.1) is 0 Å². The Morgan fingerprint density at radius 3 is 2.73 bits per heavy atom. The summed E-state index contributed by atoms with van der Waals surface area (Å²) in [6.07, 6.45) is 12.5. The van der Waals surface area contributed by atoms with Crippen molar-refractivity contribution < 1.29 is 0 Å². The monoisotopic (exact) mass is 208 g/mol. The predicted octanol–water partition coefficient (Wildman–Crippen LogP) is 5.34. The lowest BCUT2D eigenvalue weighted by Crippen LogP contribution is -2.15. The maximum Gasteiger partial charge on any atom is -0.0178 e. The molecule has 1 aliphatic carbocycles. The molecule has 0 heterocycles. The quantitative estimate of drug-likeness (QED) is 0.422. The third kappa shape index (κ3) is 4.01. The van der Waals surface area contributed by atoms with Crippen LogP contribution in [-0.4, -0.2) is 0 Å². The molecule has 0 spiro atoms. The first-order valence-corrected chi connectivity index (χ1v) is 6.97. The number of allylic oxidation sites excluding steroid dienone is 1. The molecule has 1 aliphatic rings. The minimum Gasteiger partial charge on any atom is -0.0996 e. The number of rotatable bonds is 5. The highest BCUT2D eigenvalue weighted by molar-refractivity contribution is 5.04. The molecule has 88 valence electrons. The molecule has 0 aromatic heterocycles. The van der Waals surface area contributed by atoms with Gasteiger partial charge in [-0.3, -0.25) is 0 Å². The summed E-state index contributed by atoms with van der Waals surface area (Å²) in [7, 11) is 0. The minimum absolute atomic E-state index is 0.851. The third-order valence-electron chi connectivity index (χ3n) is 4.06. The summed E-state index contributed by atoms with van der Waals surface area (Å²) in [5.41, 5.74) is 1.57. The fourth-order valence-electron chi connectivity index (χ4n) is 3.01. The van der Waals surface area contributed by atoms with Crippen molar-refractivity contribution in [3.8, 4) is 0 Å². The zero-order valence-corrected chi connectivity index (χ0v) is 10.7. The van der Waals surface area contributed by atoms with Crippen molar-refractivity contribution in [3.63, 3.8) is 0 Å². The minimum atomic E-state index is 0.851. The van der Waals surface area contributed by atoms with Gasteiger partial charge in [0.2, 0.25) is 0 Å². The lowest BCUT2D eigenvalue weighted by atomic mass is 9.79. The number of hydrogen-bond donors (Lipinski definition) is 0. The van der Waals surface area contributed by atoms with E-state index in [0.29, 0.717) is 0 Å². The van der Waals surface area contributed by atoms with Gasteiger partial charge in [0.15, 0.2) is 0 Å². The summed E-state index contributed by atoms with van der Waals surface area (Å²) in [5.74, 6) is 1.78. The molecule has 0 aromatic rings. The molecule has 0 radical (unpaired) electrons. The van der Waals surface area contributed by atoms with E-state index in [1.807, 2.05) is 0 Å². The average molecular weight is 208 g/mol. The molecule has 1 fully saturated rings. The van der Waals surface area contributed by atoms with Gasteiger partial charge in [-0.1, -0.05) is 58.1 Å². The van der Waals surface area contributed by atoms with E-state index in [2.05, 4.69) is 20.4 Å². The summed E-state index contributed by atoms with van der Waals surface area (Å²) < 4.78 is 0. The normalized spacial score (nSPS) is 24.9. The molecular formula is C15H28. The van der Waals surface area contributed by atoms with Crippen molar-refractivity contribution >= 4 is 0 Å². The van der Waals surface area contributed by atoms with Crippen molar-refractivity contribution in [2.24, 2.45) is 11.8 Å². The molecule has 0 heteroatoms. The largest absolute Gasteiger partial charge is 0.0996 e. The van der Waals surface area contributed by atoms with E-state index >= 15 is 0 Å². The SMILES string of the molecule is C=C1CCCCCC1C(CC)CCCC. The highest BCUT2D eigenvalue weighted by atomic mass is 14.3.